The third kappa shape index (κ3) is 3.41. The number of nitrogens with zero attached hydrogens (tertiary/aromatic N) is 6. The molecule has 0 spiro atoms. The molecule has 31 heavy (non-hydrogen) atoms. The fraction of sp³-hybridized carbons (Fsp3) is 0.545. The molecule has 0 radical (unpaired) electrons. The molecule has 2 fully saturated rings. The average Bonchev–Trinajstić information content (AvgIpc) is 3.27. The smallest absolute Gasteiger partial charge is 0.163 e. The molecule has 0 saturated heterocycles. The fourth-order valence-corrected chi connectivity index (χ4v) is 4.35. The first-order chi connectivity index (χ1) is 15.0. The molecule has 0 amide bonds. The lowest BCUT2D eigenvalue weighted by molar-refractivity contribution is 0.202. The summed E-state index contributed by atoms with van der Waals surface area (Å²) >= 11 is 0. The zero-order chi connectivity index (χ0) is 21.6. The van der Waals surface area contributed by atoms with E-state index >= 15 is 0 Å². The Hall–Kier alpha value is -3.12. The summed E-state index contributed by atoms with van der Waals surface area (Å²) in [5, 5.41) is 31.7. The van der Waals surface area contributed by atoms with Gasteiger partial charge in [-0.05, 0) is 38.2 Å². The van der Waals surface area contributed by atoms with Crippen molar-refractivity contribution in [2.45, 2.75) is 57.4 Å². The predicted molar refractivity (Wildman–Crippen MR) is 117 cm³/mol. The van der Waals surface area contributed by atoms with Gasteiger partial charge in [-0.15, -0.1) is 0 Å². The second kappa shape index (κ2) is 7.54. The summed E-state index contributed by atoms with van der Waals surface area (Å²) < 4.78 is 3.49. The summed E-state index contributed by atoms with van der Waals surface area (Å²) in [7, 11) is 0. The van der Waals surface area contributed by atoms with Gasteiger partial charge in [-0.3, -0.25) is 4.68 Å². The highest BCUT2D eigenvalue weighted by Crippen LogP contribution is 2.42. The topological polar surface area (TPSA) is 130 Å². The Bertz CT molecular complexity index is 1160. The van der Waals surface area contributed by atoms with E-state index in [1.165, 1.54) is 19.3 Å². The molecular weight excluding hydrogens is 392 g/mol. The van der Waals surface area contributed by atoms with Crippen LogP contribution in [0.3, 0.4) is 0 Å². The van der Waals surface area contributed by atoms with E-state index in [1.54, 1.807) is 4.52 Å². The molecular formula is C22H28N8O. The first-order valence-corrected chi connectivity index (χ1v) is 11.0. The summed E-state index contributed by atoms with van der Waals surface area (Å²) in [5.74, 6) is 1.50. The van der Waals surface area contributed by atoms with Crippen LogP contribution in [0.25, 0.3) is 5.65 Å². The van der Waals surface area contributed by atoms with E-state index in [4.69, 9.17) is 10.7 Å². The first-order valence-electron chi connectivity index (χ1n) is 11.0. The second-order valence-electron chi connectivity index (χ2n) is 8.94. The van der Waals surface area contributed by atoms with E-state index in [1.807, 2.05) is 23.9 Å². The molecule has 0 aromatic carbocycles. The molecule has 0 aliphatic heterocycles. The molecule has 2 aliphatic carbocycles. The van der Waals surface area contributed by atoms with Crippen molar-refractivity contribution in [3.8, 4) is 6.07 Å². The Morgan fingerprint density at radius 1 is 1.35 bits per heavy atom. The molecule has 0 bridgehead atoms. The van der Waals surface area contributed by atoms with Crippen LogP contribution >= 0.6 is 0 Å². The van der Waals surface area contributed by atoms with Crippen molar-refractivity contribution in [2.24, 2.45) is 5.92 Å². The van der Waals surface area contributed by atoms with Crippen LogP contribution in [0.15, 0.2) is 12.3 Å². The van der Waals surface area contributed by atoms with E-state index < -0.39 is 0 Å². The van der Waals surface area contributed by atoms with Gasteiger partial charge < -0.3 is 16.2 Å². The van der Waals surface area contributed by atoms with Crippen LogP contribution in [-0.2, 0) is 18.4 Å². The second-order valence-corrected chi connectivity index (χ2v) is 8.94. The van der Waals surface area contributed by atoms with Crippen molar-refractivity contribution in [3.05, 3.63) is 34.8 Å². The van der Waals surface area contributed by atoms with Gasteiger partial charge in [0.1, 0.15) is 23.3 Å². The maximum Gasteiger partial charge on any atom is 0.163 e. The molecule has 4 N–H and O–H groups in total. The summed E-state index contributed by atoms with van der Waals surface area (Å²) in [6.07, 6.45) is 9.28. The van der Waals surface area contributed by atoms with Crippen molar-refractivity contribution >= 4 is 17.3 Å². The lowest BCUT2D eigenvalue weighted by Gasteiger charge is -2.25. The Labute approximate surface area is 180 Å². The van der Waals surface area contributed by atoms with E-state index in [-0.39, 0.29) is 12.1 Å². The molecule has 3 heterocycles. The summed E-state index contributed by atoms with van der Waals surface area (Å²) in [4.78, 5) is 4.77. The number of nitriles is 1. The fourth-order valence-electron chi connectivity index (χ4n) is 4.35. The van der Waals surface area contributed by atoms with Gasteiger partial charge in [0.25, 0.3) is 0 Å². The maximum atomic E-state index is 9.68. The minimum atomic E-state index is -0.197. The van der Waals surface area contributed by atoms with Crippen molar-refractivity contribution in [2.75, 3.05) is 24.2 Å². The zero-order valence-electron chi connectivity index (χ0n) is 17.8. The number of aromatic nitrogens is 5. The van der Waals surface area contributed by atoms with Gasteiger partial charge in [-0.2, -0.15) is 20.0 Å². The van der Waals surface area contributed by atoms with E-state index in [9.17, 15) is 10.4 Å². The molecule has 2 saturated carbocycles. The zero-order valence-corrected chi connectivity index (χ0v) is 17.8. The van der Waals surface area contributed by atoms with Crippen LogP contribution < -0.4 is 11.1 Å². The number of hydrogen-bond acceptors (Lipinski definition) is 7. The van der Waals surface area contributed by atoms with Crippen molar-refractivity contribution in [3.63, 3.8) is 0 Å². The number of anilines is 2. The van der Waals surface area contributed by atoms with Crippen LogP contribution in [0, 0.1) is 24.2 Å². The van der Waals surface area contributed by atoms with E-state index in [0.29, 0.717) is 36.1 Å². The number of rotatable bonds is 8. The third-order valence-corrected chi connectivity index (χ3v) is 6.85. The number of nitrogen functional groups attached to an aromatic ring is 1. The van der Waals surface area contributed by atoms with Gasteiger partial charge in [0, 0.05) is 24.7 Å². The highest BCUT2D eigenvalue weighted by Gasteiger charge is 2.44. The van der Waals surface area contributed by atoms with Gasteiger partial charge in [0.15, 0.2) is 5.65 Å². The van der Waals surface area contributed by atoms with Crippen LogP contribution in [-0.4, -0.2) is 42.6 Å². The minimum Gasteiger partial charge on any atom is -0.394 e. The highest BCUT2D eigenvalue weighted by atomic mass is 16.3. The predicted octanol–water partition coefficient (Wildman–Crippen LogP) is 2.17. The molecule has 5 rings (SSSR count). The molecule has 9 heteroatoms. The first kappa shape index (κ1) is 19.8. The summed E-state index contributed by atoms with van der Waals surface area (Å²) in [6, 6.07) is 4.15. The Morgan fingerprint density at radius 2 is 2.16 bits per heavy atom. The number of nitrogens with one attached hydrogen (secondary N) is 1. The molecule has 2 aliphatic rings. The van der Waals surface area contributed by atoms with Gasteiger partial charge in [0.2, 0.25) is 0 Å². The van der Waals surface area contributed by atoms with Crippen molar-refractivity contribution in [1.29, 1.82) is 5.26 Å². The Kier molecular flexibility index (Phi) is 4.82. The highest BCUT2D eigenvalue weighted by molar-refractivity contribution is 5.69. The van der Waals surface area contributed by atoms with Gasteiger partial charge in [-0.1, -0.05) is 19.3 Å². The van der Waals surface area contributed by atoms with Crippen molar-refractivity contribution in [1.82, 2.24) is 24.4 Å². The van der Waals surface area contributed by atoms with Crippen LogP contribution in [0.4, 0.5) is 11.6 Å². The lowest BCUT2D eigenvalue weighted by Crippen LogP contribution is -2.22. The largest absolute Gasteiger partial charge is 0.394 e. The van der Waals surface area contributed by atoms with Crippen LogP contribution in [0.2, 0.25) is 0 Å². The number of fused-ring (bicyclic) bond motifs is 1. The van der Waals surface area contributed by atoms with Crippen molar-refractivity contribution < 1.29 is 5.11 Å². The van der Waals surface area contributed by atoms with Crippen LogP contribution in [0.1, 0.15) is 54.6 Å². The SMILES string of the molecule is Cc1nn2c(N)c(C#N)c(NCCc3ccn(C4(CO)CC4)n3)nc2c1CC1CCC1. The van der Waals surface area contributed by atoms with Crippen LogP contribution in [0.5, 0.6) is 0 Å². The number of aryl methyl sites for hydroxylation is 1. The van der Waals surface area contributed by atoms with Gasteiger partial charge >= 0.3 is 0 Å². The molecule has 162 valence electrons. The molecule has 9 nitrogen and oxygen atoms in total. The average molecular weight is 421 g/mol. The third-order valence-electron chi connectivity index (χ3n) is 6.85. The molecule has 3 aromatic rings. The summed E-state index contributed by atoms with van der Waals surface area (Å²) in [6.45, 7) is 2.68. The number of aliphatic hydroxyl groups is 1. The molecule has 0 unspecified atom stereocenters. The van der Waals surface area contributed by atoms with E-state index in [0.717, 1.165) is 41.9 Å². The molecule has 3 aromatic heterocycles. The maximum absolute atomic E-state index is 9.68. The Morgan fingerprint density at radius 3 is 2.81 bits per heavy atom. The molecule has 0 atom stereocenters. The normalized spacial score (nSPS) is 17.5. The Balaban J connectivity index is 1.36. The minimum absolute atomic E-state index is 0.120. The number of aliphatic hydroxyl groups excluding tert-OH is 1. The van der Waals surface area contributed by atoms with Gasteiger partial charge in [0.05, 0.1) is 23.5 Å². The summed E-state index contributed by atoms with van der Waals surface area (Å²) in [5.41, 5.74) is 10.2. The number of nitrogens with two attached hydrogens (primary N) is 1. The van der Waals surface area contributed by atoms with E-state index in [2.05, 4.69) is 21.6 Å². The monoisotopic (exact) mass is 420 g/mol. The quantitative estimate of drug-likeness (QED) is 0.509. The number of hydrogen-bond donors (Lipinski definition) is 3. The standard InChI is InChI=1S/C22H28N8O/c1-14-17(11-15-3-2-4-15)21-26-20(18(12-23)19(24)30(21)27-14)25-9-5-16-6-10-29(28-16)22(13-31)7-8-22/h6,10,15,31H,2-5,7-9,11,13,24H2,1H3,(H,25,26). The van der Waals surface area contributed by atoms with Gasteiger partial charge in [-0.25, -0.2) is 4.98 Å². The lowest BCUT2D eigenvalue weighted by atomic mass is 9.81.